The Morgan fingerprint density at radius 2 is 1.17 bits per heavy atom. The molecule has 0 aliphatic heterocycles. The van der Waals surface area contributed by atoms with E-state index < -0.39 is 29.7 Å². The molecule has 29 heavy (non-hydrogen) atoms. The number of hydrogen-bond acceptors (Lipinski definition) is 0. The number of halogens is 4. The second-order valence-electron chi connectivity index (χ2n) is 6.88. The molecule has 3 aromatic carbocycles. The Labute approximate surface area is 164 Å². The monoisotopic (exact) mass is 392 g/mol. The molecular formula is C25H16F4. The fraction of sp³-hybridized carbons (Fsp3) is 0.0400. The van der Waals surface area contributed by atoms with Crippen molar-refractivity contribution in [2.75, 3.05) is 0 Å². The van der Waals surface area contributed by atoms with Crippen LogP contribution in [0.5, 0.6) is 0 Å². The van der Waals surface area contributed by atoms with Crippen molar-refractivity contribution in [1.82, 2.24) is 0 Å². The first kappa shape index (κ1) is 18.9. The number of allylic oxidation sites excluding steroid dienone is 4. The first-order valence-electron chi connectivity index (χ1n) is 9.02. The van der Waals surface area contributed by atoms with E-state index in [9.17, 15) is 17.6 Å². The third-order valence-corrected chi connectivity index (χ3v) is 4.91. The van der Waals surface area contributed by atoms with Crippen molar-refractivity contribution in [3.8, 4) is 0 Å². The van der Waals surface area contributed by atoms with Crippen LogP contribution < -0.4 is 10.4 Å². The lowest BCUT2D eigenvalue weighted by atomic mass is 10.0. The highest BCUT2D eigenvalue weighted by Crippen LogP contribution is 2.31. The molecule has 0 aromatic heterocycles. The summed E-state index contributed by atoms with van der Waals surface area (Å²) >= 11 is 0. The van der Waals surface area contributed by atoms with Gasteiger partial charge in [0.1, 0.15) is 11.6 Å². The Morgan fingerprint density at radius 1 is 0.655 bits per heavy atom. The Bertz CT molecular complexity index is 1430. The normalized spacial score (nSPS) is 16.1. The largest absolute Gasteiger partial charge is 0.208 e. The molecule has 0 radical (unpaired) electrons. The Balaban J connectivity index is 1.86. The Hall–Kier alpha value is -3.40. The predicted molar refractivity (Wildman–Crippen MR) is 106 cm³/mol. The minimum Gasteiger partial charge on any atom is -0.208 e. The Kier molecular flexibility index (Phi) is 4.93. The lowest BCUT2D eigenvalue weighted by Crippen LogP contribution is -2.12. The molecule has 0 fully saturated rings. The zero-order valence-corrected chi connectivity index (χ0v) is 15.4. The molecule has 0 heterocycles. The van der Waals surface area contributed by atoms with Crippen LogP contribution in [0, 0.1) is 26.7 Å². The van der Waals surface area contributed by atoms with Gasteiger partial charge in [0.15, 0.2) is 11.7 Å². The zero-order chi connectivity index (χ0) is 20.5. The first-order chi connectivity index (χ1) is 13.9. The highest BCUT2D eigenvalue weighted by molar-refractivity contribution is 5.64. The smallest absolute Gasteiger partial charge is 0.190 e. The minimum atomic E-state index is -1.52. The van der Waals surface area contributed by atoms with E-state index in [1.165, 1.54) is 12.1 Å². The summed E-state index contributed by atoms with van der Waals surface area (Å²) in [6, 6.07) is 19.9. The van der Waals surface area contributed by atoms with Crippen molar-refractivity contribution in [3.63, 3.8) is 0 Å². The van der Waals surface area contributed by atoms with Crippen molar-refractivity contribution in [2.45, 2.75) is 6.42 Å². The quantitative estimate of drug-likeness (QED) is 0.452. The van der Waals surface area contributed by atoms with Crippen LogP contribution in [-0.4, -0.2) is 0 Å². The van der Waals surface area contributed by atoms with E-state index in [-0.39, 0.29) is 10.8 Å². The van der Waals surface area contributed by atoms with Crippen LogP contribution in [0.3, 0.4) is 0 Å². The summed E-state index contributed by atoms with van der Waals surface area (Å²) in [5.41, 5.74) is 0.0645. The second-order valence-corrected chi connectivity index (χ2v) is 6.88. The summed E-state index contributed by atoms with van der Waals surface area (Å²) in [6.07, 6.45) is 0.360. The average Bonchev–Trinajstić information content (AvgIpc) is 2.72. The van der Waals surface area contributed by atoms with Crippen LogP contribution in [-0.2, 0) is 0 Å². The molecule has 0 nitrogen and oxygen atoms in total. The van der Waals surface area contributed by atoms with Crippen molar-refractivity contribution < 1.29 is 17.6 Å². The van der Waals surface area contributed by atoms with Gasteiger partial charge in [-0.3, -0.25) is 0 Å². The predicted octanol–water partition coefficient (Wildman–Crippen LogP) is 5.37. The lowest BCUT2D eigenvalue weighted by molar-refractivity contribution is 0.481. The maximum atomic E-state index is 14.6. The molecule has 0 saturated heterocycles. The first-order valence-corrected chi connectivity index (χ1v) is 9.02. The van der Waals surface area contributed by atoms with E-state index in [4.69, 9.17) is 0 Å². The zero-order valence-electron chi connectivity index (χ0n) is 15.4. The van der Waals surface area contributed by atoms with Crippen molar-refractivity contribution in [3.05, 3.63) is 127 Å². The minimum absolute atomic E-state index is 0.0523. The van der Waals surface area contributed by atoms with Crippen LogP contribution in [0.2, 0.25) is 0 Å². The molecule has 1 aliphatic rings. The van der Waals surface area contributed by atoms with E-state index >= 15 is 0 Å². The molecular weight excluding hydrogens is 376 g/mol. The molecule has 3 aromatic rings. The molecule has 4 rings (SSSR count). The van der Waals surface area contributed by atoms with Gasteiger partial charge in [-0.05, 0) is 43.8 Å². The average molecular weight is 392 g/mol. The maximum Gasteiger partial charge on any atom is 0.190 e. The summed E-state index contributed by atoms with van der Waals surface area (Å²) in [4.78, 5) is 0. The third-order valence-electron chi connectivity index (χ3n) is 4.91. The summed E-state index contributed by atoms with van der Waals surface area (Å²) in [5, 5.41) is 4.50. The van der Waals surface area contributed by atoms with Crippen LogP contribution in [0.25, 0.3) is 12.2 Å². The molecule has 1 aliphatic carbocycles. The van der Waals surface area contributed by atoms with Gasteiger partial charge in [0.25, 0.3) is 0 Å². The van der Waals surface area contributed by atoms with E-state index in [1.807, 2.05) is 48.5 Å². The van der Waals surface area contributed by atoms with Gasteiger partial charge in [-0.2, -0.15) is 0 Å². The van der Waals surface area contributed by atoms with E-state index in [2.05, 4.69) is 6.58 Å². The molecule has 0 N–H and O–H groups in total. The summed E-state index contributed by atoms with van der Waals surface area (Å²) < 4.78 is 54.8. The highest BCUT2D eigenvalue weighted by atomic mass is 19.2. The van der Waals surface area contributed by atoms with E-state index in [0.717, 1.165) is 27.0 Å². The van der Waals surface area contributed by atoms with Gasteiger partial charge in [-0.15, -0.1) is 0 Å². The molecule has 4 heteroatoms. The van der Waals surface area contributed by atoms with Crippen molar-refractivity contribution in [1.29, 1.82) is 0 Å². The van der Waals surface area contributed by atoms with Gasteiger partial charge in [0, 0.05) is 11.6 Å². The van der Waals surface area contributed by atoms with Gasteiger partial charge in [0.2, 0.25) is 0 Å². The number of hydrogen-bond donors (Lipinski definition) is 0. The fourth-order valence-electron chi connectivity index (χ4n) is 3.32. The van der Waals surface area contributed by atoms with E-state index in [0.29, 0.717) is 5.22 Å². The van der Waals surface area contributed by atoms with Gasteiger partial charge < -0.3 is 0 Å². The molecule has 0 saturated carbocycles. The second kappa shape index (κ2) is 7.55. The Morgan fingerprint density at radius 3 is 1.72 bits per heavy atom. The molecule has 0 unspecified atom stereocenters. The van der Waals surface area contributed by atoms with Crippen LogP contribution >= 0.6 is 0 Å². The molecule has 0 amide bonds. The van der Waals surface area contributed by atoms with Crippen LogP contribution in [0.15, 0.2) is 90.3 Å². The molecule has 0 atom stereocenters. The molecule has 0 bridgehead atoms. The summed E-state index contributed by atoms with van der Waals surface area (Å²) in [5.74, 6) is -4.69. The van der Waals surface area contributed by atoms with Crippen LogP contribution in [0.1, 0.15) is 6.42 Å². The van der Waals surface area contributed by atoms with Gasteiger partial charge in [-0.25, -0.2) is 17.6 Å². The van der Waals surface area contributed by atoms with E-state index in [1.54, 1.807) is 6.07 Å². The number of benzene rings is 3. The maximum absolute atomic E-state index is 14.6. The fourth-order valence-corrected chi connectivity index (χ4v) is 3.32. The topological polar surface area (TPSA) is 0 Å². The van der Waals surface area contributed by atoms with Gasteiger partial charge in [0.05, 0.1) is 0 Å². The van der Waals surface area contributed by atoms with Crippen molar-refractivity contribution in [2.24, 2.45) is 0 Å². The third kappa shape index (κ3) is 3.79. The lowest BCUT2D eigenvalue weighted by Gasteiger charge is -2.09. The van der Waals surface area contributed by atoms with Crippen molar-refractivity contribution >= 4 is 12.2 Å². The van der Waals surface area contributed by atoms with Gasteiger partial charge >= 0.3 is 0 Å². The summed E-state index contributed by atoms with van der Waals surface area (Å²) in [7, 11) is 0. The van der Waals surface area contributed by atoms with Gasteiger partial charge in [-0.1, -0.05) is 67.2 Å². The molecule has 144 valence electrons. The SMILES string of the molecule is C=c1ccc(=c2ccc(=c3cc/c(=C4/C=C(F)C(F)=C(F)C4)c(F)c3)cc2)cc1. The molecule has 0 spiro atoms. The van der Waals surface area contributed by atoms with Crippen LogP contribution in [0.4, 0.5) is 17.6 Å². The summed E-state index contributed by atoms with van der Waals surface area (Å²) in [6.45, 7) is 3.87. The standard InChI is InChI=1S/C25H16F4/c1-15-2-4-16(5-3-15)17-6-8-18(9-7-17)19-10-11-21(22(26)12-19)20-13-23(27)25(29)24(28)14-20/h2-13H,1,14H2/b21-20+. The highest BCUT2D eigenvalue weighted by Gasteiger charge is 2.19. The number of rotatable bonds is 0.